The molecule has 2 aromatic rings. The van der Waals surface area contributed by atoms with Gasteiger partial charge in [0, 0.05) is 13.1 Å². The van der Waals surface area contributed by atoms with E-state index >= 15 is 0 Å². The molecule has 0 saturated heterocycles. The van der Waals surface area contributed by atoms with Crippen molar-refractivity contribution < 1.29 is 14.3 Å². The van der Waals surface area contributed by atoms with E-state index in [2.05, 4.69) is 26.1 Å². The van der Waals surface area contributed by atoms with E-state index in [0.29, 0.717) is 25.3 Å². The first kappa shape index (κ1) is 24.4. The highest BCUT2D eigenvalue weighted by Crippen LogP contribution is 2.24. The summed E-state index contributed by atoms with van der Waals surface area (Å²) in [4.78, 5) is 27.5. The van der Waals surface area contributed by atoms with Gasteiger partial charge in [0.2, 0.25) is 5.91 Å². The van der Waals surface area contributed by atoms with Crippen molar-refractivity contribution in [2.45, 2.75) is 65.5 Å². The molecule has 0 bridgehead atoms. The van der Waals surface area contributed by atoms with Crippen LogP contribution >= 0.6 is 0 Å². The molecule has 0 saturated carbocycles. The summed E-state index contributed by atoms with van der Waals surface area (Å²) in [6.45, 7) is 11.2. The molecule has 0 aliphatic heterocycles. The summed E-state index contributed by atoms with van der Waals surface area (Å²) in [6.07, 6.45) is 1.39. The van der Waals surface area contributed by atoms with Gasteiger partial charge in [0.1, 0.15) is 11.8 Å². The SMILES string of the molecule is CCCNC(=O)[C@@H](CC)N(Cc1ccccc1)C(=O)COc1ccc(C(C)(C)C)cc1. The first-order valence-corrected chi connectivity index (χ1v) is 11.1. The third-order valence-electron chi connectivity index (χ3n) is 5.21. The van der Waals surface area contributed by atoms with Gasteiger partial charge in [-0.2, -0.15) is 0 Å². The number of ether oxygens (including phenoxy) is 1. The molecule has 0 aliphatic rings. The zero-order valence-electron chi connectivity index (χ0n) is 19.5. The van der Waals surface area contributed by atoms with Gasteiger partial charge in [0.05, 0.1) is 0 Å². The maximum absolute atomic E-state index is 13.1. The maximum Gasteiger partial charge on any atom is 0.261 e. The maximum atomic E-state index is 13.1. The average Bonchev–Trinajstić information content (AvgIpc) is 2.76. The Hall–Kier alpha value is -2.82. The van der Waals surface area contributed by atoms with E-state index in [0.717, 1.165) is 12.0 Å². The van der Waals surface area contributed by atoms with Crippen LogP contribution in [0.15, 0.2) is 54.6 Å². The van der Waals surface area contributed by atoms with Crippen LogP contribution in [-0.2, 0) is 21.5 Å². The molecule has 0 unspecified atom stereocenters. The molecular formula is C26H36N2O3. The van der Waals surface area contributed by atoms with Crippen molar-refractivity contribution in [3.8, 4) is 5.75 Å². The number of carbonyl (C=O) groups excluding carboxylic acids is 2. The molecular weight excluding hydrogens is 388 g/mol. The predicted molar refractivity (Wildman–Crippen MR) is 125 cm³/mol. The molecule has 2 rings (SSSR count). The number of nitrogens with zero attached hydrogens (tertiary/aromatic N) is 1. The molecule has 0 heterocycles. The highest BCUT2D eigenvalue weighted by molar-refractivity contribution is 5.88. The van der Waals surface area contributed by atoms with E-state index in [9.17, 15) is 9.59 Å². The number of amides is 2. The number of benzene rings is 2. The Balaban J connectivity index is 2.14. The standard InChI is InChI=1S/C26H36N2O3/c1-6-17-27-25(30)23(7-2)28(18-20-11-9-8-10-12-20)24(29)19-31-22-15-13-21(14-16-22)26(3,4)5/h8-16,23H,6-7,17-19H2,1-5H3,(H,27,30)/t23-/m1/s1. The number of carbonyl (C=O) groups is 2. The molecule has 5 nitrogen and oxygen atoms in total. The van der Waals surface area contributed by atoms with Crippen LogP contribution in [-0.4, -0.2) is 35.9 Å². The van der Waals surface area contributed by atoms with Gasteiger partial charge in [-0.1, -0.05) is 77.1 Å². The topological polar surface area (TPSA) is 58.6 Å². The van der Waals surface area contributed by atoms with Crippen LogP contribution in [0.5, 0.6) is 5.75 Å². The number of nitrogens with one attached hydrogen (secondary N) is 1. The van der Waals surface area contributed by atoms with E-state index in [1.807, 2.05) is 68.4 Å². The molecule has 0 aliphatic carbocycles. The lowest BCUT2D eigenvalue weighted by Gasteiger charge is -2.30. The number of hydrogen-bond donors (Lipinski definition) is 1. The van der Waals surface area contributed by atoms with Crippen LogP contribution in [0.1, 0.15) is 58.6 Å². The molecule has 0 fully saturated rings. The lowest BCUT2D eigenvalue weighted by molar-refractivity contribution is -0.143. The van der Waals surface area contributed by atoms with Crippen molar-refractivity contribution in [2.24, 2.45) is 0 Å². The van der Waals surface area contributed by atoms with Gasteiger partial charge in [-0.3, -0.25) is 9.59 Å². The summed E-state index contributed by atoms with van der Waals surface area (Å²) in [5, 5.41) is 2.92. The Morgan fingerprint density at radius 3 is 2.19 bits per heavy atom. The fourth-order valence-electron chi connectivity index (χ4n) is 3.34. The van der Waals surface area contributed by atoms with Crippen molar-refractivity contribution in [1.29, 1.82) is 0 Å². The summed E-state index contributed by atoms with van der Waals surface area (Å²) < 4.78 is 5.79. The normalized spacial score (nSPS) is 12.2. The second-order valence-corrected chi connectivity index (χ2v) is 8.79. The van der Waals surface area contributed by atoms with Gasteiger partial charge in [-0.05, 0) is 41.5 Å². The highest BCUT2D eigenvalue weighted by atomic mass is 16.5. The largest absolute Gasteiger partial charge is 0.484 e. The highest BCUT2D eigenvalue weighted by Gasteiger charge is 2.28. The quantitative estimate of drug-likeness (QED) is 0.602. The van der Waals surface area contributed by atoms with E-state index in [4.69, 9.17) is 4.74 Å². The first-order chi connectivity index (χ1) is 14.8. The summed E-state index contributed by atoms with van der Waals surface area (Å²) in [5.41, 5.74) is 2.24. The zero-order valence-corrected chi connectivity index (χ0v) is 19.5. The molecule has 168 valence electrons. The van der Waals surface area contributed by atoms with Gasteiger partial charge in [-0.25, -0.2) is 0 Å². The number of hydrogen-bond acceptors (Lipinski definition) is 3. The van der Waals surface area contributed by atoms with Crippen molar-refractivity contribution in [3.05, 3.63) is 65.7 Å². The van der Waals surface area contributed by atoms with E-state index in [1.165, 1.54) is 5.56 Å². The van der Waals surface area contributed by atoms with Crippen LogP contribution in [0.25, 0.3) is 0 Å². The molecule has 31 heavy (non-hydrogen) atoms. The molecule has 5 heteroatoms. The van der Waals surface area contributed by atoms with Gasteiger partial charge in [0.15, 0.2) is 6.61 Å². The van der Waals surface area contributed by atoms with Crippen LogP contribution < -0.4 is 10.1 Å². The lowest BCUT2D eigenvalue weighted by Crippen LogP contribution is -2.50. The Bertz CT molecular complexity index is 826. The fraction of sp³-hybridized carbons (Fsp3) is 0.462. The minimum atomic E-state index is -0.536. The Labute approximate surface area is 186 Å². The fourth-order valence-corrected chi connectivity index (χ4v) is 3.34. The molecule has 0 aromatic heterocycles. The van der Waals surface area contributed by atoms with E-state index in [1.54, 1.807) is 4.90 Å². The van der Waals surface area contributed by atoms with Gasteiger partial charge in [0.25, 0.3) is 5.91 Å². The summed E-state index contributed by atoms with van der Waals surface area (Å²) in [6, 6.07) is 17.0. The van der Waals surface area contributed by atoms with Crippen LogP contribution in [0, 0.1) is 0 Å². The second-order valence-electron chi connectivity index (χ2n) is 8.79. The molecule has 1 atom stereocenters. The third kappa shape index (κ3) is 7.42. The Kier molecular flexibility index (Phi) is 9.10. The van der Waals surface area contributed by atoms with E-state index in [-0.39, 0.29) is 23.8 Å². The predicted octanol–water partition coefficient (Wildman–Crippen LogP) is 4.70. The molecule has 1 N–H and O–H groups in total. The van der Waals surface area contributed by atoms with Crippen molar-refractivity contribution in [2.75, 3.05) is 13.2 Å². The monoisotopic (exact) mass is 424 g/mol. The van der Waals surface area contributed by atoms with Crippen molar-refractivity contribution >= 4 is 11.8 Å². The van der Waals surface area contributed by atoms with Gasteiger partial charge >= 0.3 is 0 Å². The summed E-state index contributed by atoms with van der Waals surface area (Å²) in [7, 11) is 0. The zero-order chi connectivity index (χ0) is 22.9. The first-order valence-electron chi connectivity index (χ1n) is 11.1. The third-order valence-corrected chi connectivity index (χ3v) is 5.21. The average molecular weight is 425 g/mol. The van der Waals surface area contributed by atoms with Crippen molar-refractivity contribution in [3.63, 3.8) is 0 Å². The van der Waals surface area contributed by atoms with E-state index < -0.39 is 6.04 Å². The summed E-state index contributed by atoms with van der Waals surface area (Å²) >= 11 is 0. The second kappa shape index (κ2) is 11.5. The van der Waals surface area contributed by atoms with Crippen LogP contribution in [0.4, 0.5) is 0 Å². The smallest absolute Gasteiger partial charge is 0.261 e. The van der Waals surface area contributed by atoms with Gasteiger partial charge in [-0.15, -0.1) is 0 Å². The Morgan fingerprint density at radius 1 is 1.00 bits per heavy atom. The minimum Gasteiger partial charge on any atom is -0.484 e. The van der Waals surface area contributed by atoms with Gasteiger partial charge < -0.3 is 15.0 Å². The Morgan fingerprint density at radius 2 is 1.65 bits per heavy atom. The van der Waals surface area contributed by atoms with Crippen molar-refractivity contribution in [1.82, 2.24) is 10.2 Å². The molecule has 2 amide bonds. The minimum absolute atomic E-state index is 0.0566. The molecule has 0 spiro atoms. The van der Waals surface area contributed by atoms with Crippen LogP contribution in [0.2, 0.25) is 0 Å². The molecule has 0 radical (unpaired) electrons. The molecule has 2 aromatic carbocycles. The summed E-state index contributed by atoms with van der Waals surface area (Å²) in [5.74, 6) is 0.315. The van der Waals surface area contributed by atoms with Crippen LogP contribution in [0.3, 0.4) is 0 Å². The lowest BCUT2D eigenvalue weighted by atomic mass is 9.87. The number of rotatable bonds is 10.